The van der Waals surface area contributed by atoms with Crippen LogP contribution in [0.25, 0.3) is 0 Å². The third-order valence-electron chi connectivity index (χ3n) is 3.68. The first kappa shape index (κ1) is 14.5. The van der Waals surface area contributed by atoms with Crippen molar-refractivity contribution in [2.45, 2.75) is 12.2 Å². The summed E-state index contributed by atoms with van der Waals surface area (Å²) in [5.74, 6) is -0.167. The van der Waals surface area contributed by atoms with E-state index in [4.69, 9.17) is 0 Å². The van der Waals surface area contributed by atoms with Gasteiger partial charge in [0, 0.05) is 18.7 Å². The van der Waals surface area contributed by atoms with Crippen molar-refractivity contribution in [3.05, 3.63) is 69.8 Å². The number of para-hydroxylation sites is 1. The number of nitro benzene ring substituents is 1. The van der Waals surface area contributed by atoms with E-state index >= 15 is 0 Å². The van der Waals surface area contributed by atoms with Gasteiger partial charge in [-0.25, -0.2) is 8.42 Å². The van der Waals surface area contributed by atoms with Gasteiger partial charge in [0.15, 0.2) is 0 Å². The maximum Gasteiger partial charge on any atom is 0.269 e. The molecular weight excluding hydrogens is 304 g/mol. The highest BCUT2D eigenvalue weighted by molar-refractivity contribution is 7.92. The second-order valence-electron chi connectivity index (χ2n) is 5.13. The molecule has 1 heterocycles. The van der Waals surface area contributed by atoms with Gasteiger partial charge in [0.05, 0.1) is 16.4 Å². The first-order valence-electron chi connectivity index (χ1n) is 6.79. The first-order chi connectivity index (χ1) is 10.5. The fraction of sp³-hybridized carbons (Fsp3) is 0.200. The molecular formula is C15H14N2O4S. The van der Waals surface area contributed by atoms with Crippen molar-refractivity contribution in [2.75, 3.05) is 10.8 Å². The summed E-state index contributed by atoms with van der Waals surface area (Å²) in [6.07, 6.45) is 0.704. The number of rotatable bonds is 4. The number of hydrogen-bond acceptors (Lipinski definition) is 4. The van der Waals surface area contributed by atoms with Gasteiger partial charge in [-0.3, -0.25) is 14.4 Å². The molecule has 0 N–H and O–H groups in total. The quantitative estimate of drug-likeness (QED) is 0.640. The van der Waals surface area contributed by atoms with E-state index in [-0.39, 0.29) is 11.4 Å². The van der Waals surface area contributed by atoms with Crippen LogP contribution in [0.1, 0.15) is 11.1 Å². The van der Waals surface area contributed by atoms with Gasteiger partial charge in [0.2, 0.25) is 10.0 Å². The highest BCUT2D eigenvalue weighted by atomic mass is 32.2. The van der Waals surface area contributed by atoms with E-state index in [0.717, 1.165) is 11.3 Å². The Morgan fingerprint density at radius 1 is 1.09 bits per heavy atom. The summed E-state index contributed by atoms with van der Waals surface area (Å²) in [5, 5.41) is 10.6. The Balaban J connectivity index is 1.84. The lowest BCUT2D eigenvalue weighted by molar-refractivity contribution is -0.384. The lowest BCUT2D eigenvalue weighted by Crippen LogP contribution is -2.30. The Kier molecular flexibility index (Phi) is 3.58. The molecule has 1 aliphatic heterocycles. The number of nitro groups is 1. The summed E-state index contributed by atoms with van der Waals surface area (Å²) in [5.41, 5.74) is 2.24. The molecule has 2 aromatic carbocycles. The van der Waals surface area contributed by atoms with Gasteiger partial charge >= 0.3 is 0 Å². The standard InChI is InChI=1S/C15H14N2O4S/c18-17(19)14-7-5-12(6-8-14)11-22(20,21)16-10-9-13-3-1-2-4-15(13)16/h1-8H,9-11H2. The minimum absolute atomic E-state index is 0.0485. The van der Waals surface area contributed by atoms with Gasteiger partial charge in [-0.1, -0.05) is 30.3 Å². The molecule has 6 nitrogen and oxygen atoms in total. The molecule has 0 saturated carbocycles. The van der Waals surface area contributed by atoms with E-state index in [1.54, 1.807) is 6.07 Å². The summed E-state index contributed by atoms with van der Waals surface area (Å²) in [4.78, 5) is 10.1. The highest BCUT2D eigenvalue weighted by Gasteiger charge is 2.29. The van der Waals surface area contributed by atoms with E-state index in [0.29, 0.717) is 18.5 Å². The summed E-state index contributed by atoms with van der Waals surface area (Å²) in [7, 11) is -3.50. The molecule has 2 aromatic rings. The number of non-ortho nitro benzene ring substituents is 1. The molecule has 0 unspecified atom stereocenters. The maximum atomic E-state index is 12.6. The van der Waals surface area contributed by atoms with E-state index < -0.39 is 14.9 Å². The van der Waals surface area contributed by atoms with Crippen molar-refractivity contribution in [2.24, 2.45) is 0 Å². The van der Waals surface area contributed by atoms with Crippen LogP contribution in [0.5, 0.6) is 0 Å². The van der Waals surface area contributed by atoms with Crippen molar-refractivity contribution in [1.82, 2.24) is 0 Å². The second kappa shape index (κ2) is 5.42. The average molecular weight is 318 g/mol. The number of hydrogen-bond donors (Lipinski definition) is 0. The number of fused-ring (bicyclic) bond motifs is 1. The Labute approximate surface area is 128 Å². The van der Waals surface area contributed by atoms with Gasteiger partial charge in [0.25, 0.3) is 5.69 Å². The fourth-order valence-corrected chi connectivity index (χ4v) is 4.22. The zero-order chi connectivity index (χ0) is 15.7. The van der Waals surface area contributed by atoms with Crippen LogP contribution in [0.2, 0.25) is 0 Å². The van der Waals surface area contributed by atoms with Crippen molar-refractivity contribution in [3.63, 3.8) is 0 Å². The molecule has 0 saturated heterocycles. The number of benzene rings is 2. The summed E-state index contributed by atoms with van der Waals surface area (Å²) in [6, 6.07) is 13.1. The zero-order valence-electron chi connectivity index (χ0n) is 11.7. The van der Waals surface area contributed by atoms with E-state index in [1.807, 2.05) is 18.2 Å². The van der Waals surface area contributed by atoms with Crippen molar-refractivity contribution >= 4 is 21.4 Å². The van der Waals surface area contributed by atoms with Crippen LogP contribution in [0, 0.1) is 10.1 Å². The Morgan fingerprint density at radius 2 is 1.77 bits per heavy atom. The van der Waals surface area contributed by atoms with Crippen molar-refractivity contribution in [1.29, 1.82) is 0 Å². The summed E-state index contributed by atoms with van der Waals surface area (Å²) >= 11 is 0. The van der Waals surface area contributed by atoms with Crippen LogP contribution in [-0.4, -0.2) is 19.9 Å². The normalized spacial score (nSPS) is 13.9. The van der Waals surface area contributed by atoms with E-state index in [9.17, 15) is 18.5 Å². The van der Waals surface area contributed by atoms with Crippen LogP contribution >= 0.6 is 0 Å². The lowest BCUT2D eigenvalue weighted by Gasteiger charge is -2.19. The minimum atomic E-state index is -3.50. The molecule has 114 valence electrons. The maximum absolute atomic E-state index is 12.6. The molecule has 0 amide bonds. The lowest BCUT2D eigenvalue weighted by atomic mass is 10.2. The Morgan fingerprint density at radius 3 is 2.45 bits per heavy atom. The first-order valence-corrected chi connectivity index (χ1v) is 8.40. The van der Waals surface area contributed by atoms with Crippen LogP contribution in [0.15, 0.2) is 48.5 Å². The van der Waals surface area contributed by atoms with Crippen molar-refractivity contribution in [3.8, 4) is 0 Å². The monoisotopic (exact) mass is 318 g/mol. The predicted octanol–water partition coefficient (Wildman–Crippen LogP) is 2.49. The molecule has 3 rings (SSSR count). The third-order valence-corrected chi connectivity index (χ3v) is 5.43. The Bertz CT molecular complexity index is 816. The number of anilines is 1. The highest BCUT2D eigenvalue weighted by Crippen LogP contribution is 2.31. The zero-order valence-corrected chi connectivity index (χ0v) is 12.5. The van der Waals surface area contributed by atoms with Crippen molar-refractivity contribution < 1.29 is 13.3 Å². The van der Waals surface area contributed by atoms with Crippen LogP contribution in [-0.2, 0) is 22.2 Å². The van der Waals surface area contributed by atoms with Crippen LogP contribution in [0.4, 0.5) is 11.4 Å². The van der Waals surface area contributed by atoms with Gasteiger partial charge in [0.1, 0.15) is 0 Å². The van der Waals surface area contributed by atoms with Gasteiger partial charge in [-0.2, -0.15) is 0 Å². The van der Waals surface area contributed by atoms with Gasteiger partial charge in [-0.15, -0.1) is 0 Å². The SMILES string of the molecule is O=[N+]([O-])c1ccc(CS(=O)(=O)N2CCc3ccccc32)cc1. The second-order valence-corrected chi connectivity index (χ2v) is 7.02. The van der Waals surface area contributed by atoms with E-state index in [1.165, 1.54) is 28.6 Å². The molecule has 7 heteroatoms. The summed E-state index contributed by atoms with van der Waals surface area (Å²) in [6.45, 7) is 0.439. The molecule has 0 aliphatic carbocycles. The third kappa shape index (κ3) is 2.67. The average Bonchev–Trinajstić information content (AvgIpc) is 2.92. The molecule has 22 heavy (non-hydrogen) atoms. The van der Waals surface area contributed by atoms with Crippen LogP contribution < -0.4 is 4.31 Å². The Hall–Kier alpha value is -2.41. The topological polar surface area (TPSA) is 80.5 Å². The minimum Gasteiger partial charge on any atom is -0.269 e. The number of sulfonamides is 1. The van der Waals surface area contributed by atoms with Gasteiger partial charge in [-0.05, 0) is 23.6 Å². The largest absolute Gasteiger partial charge is 0.269 e. The smallest absolute Gasteiger partial charge is 0.269 e. The molecule has 0 spiro atoms. The molecule has 0 fully saturated rings. The molecule has 0 bridgehead atoms. The predicted molar refractivity (Wildman–Crippen MR) is 83.2 cm³/mol. The molecule has 0 atom stereocenters. The van der Waals surface area contributed by atoms with Crippen LogP contribution in [0.3, 0.4) is 0 Å². The molecule has 1 aliphatic rings. The van der Waals surface area contributed by atoms with Gasteiger partial charge < -0.3 is 0 Å². The molecule has 0 radical (unpaired) electrons. The van der Waals surface area contributed by atoms with E-state index in [2.05, 4.69) is 0 Å². The number of nitrogens with zero attached hydrogens (tertiary/aromatic N) is 2. The summed E-state index contributed by atoms with van der Waals surface area (Å²) < 4.78 is 26.6. The fourth-order valence-electron chi connectivity index (χ4n) is 2.60. The molecule has 0 aromatic heterocycles.